The molecule has 19 heavy (non-hydrogen) atoms. The van der Waals surface area contributed by atoms with E-state index in [0.29, 0.717) is 16.3 Å². The van der Waals surface area contributed by atoms with Crippen LogP contribution >= 0.6 is 11.6 Å². The molecule has 0 bridgehead atoms. The Morgan fingerprint density at radius 2 is 1.84 bits per heavy atom. The van der Waals surface area contributed by atoms with Crippen LogP contribution in [-0.4, -0.2) is 17.0 Å². The quantitative estimate of drug-likeness (QED) is 0.869. The summed E-state index contributed by atoms with van der Waals surface area (Å²) in [5.74, 6) is 0.0890. The van der Waals surface area contributed by atoms with Crippen LogP contribution in [0.3, 0.4) is 0 Å². The molecule has 0 aromatic heterocycles. The number of benzene rings is 2. The van der Waals surface area contributed by atoms with Crippen molar-refractivity contribution in [2.24, 2.45) is 0 Å². The van der Waals surface area contributed by atoms with Gasteiger partial charge in [-0.15, -0.1) is 0 Å². The van der Waals surface area contributed by atoms with Crippen LogP contribution < -0.4 is 4.74 Å². The van der Waals surface area contributed by atoms with Gasteiger partial charge in [-0.1, -0.05) is 41.9 Å². The van der Waals surface area contributed by atoms with Gasteiger partial charge in [-0.2, -0.15) is 0 Å². The van der Waals surface area contributed by atoms with E-state index in [-0.39, 0.29) is 5.78 Å². The molecule has 0 saturated carbocycles. The van der Waals surface area contributed by atoms with Crippen LogP contribution in [0, 0.1) is 0 Å². The molecule has 4 heteroatoms. The first-order chi connectivity index (χ1) is 9.16. The van der Waals surface area contributed by atoms with Crippen LogP contribution in [0.1, 0.15) is 22.0 Å². The highest BCUT2D eigenvalue weighted by atomic mass is 35.5. The number of rotatable bonds is 1. The lowest BCUT2D eigenvalue weighted by molar-refractivity contribution is 0.0216. The summed E-state index contributed by atoms with van der Waals surface area (Å²) in [7, 11) is 0. The topological polar surface area (TPSA) is 46.5 Å². The lowest BCUT2D eigenvalue weighted by atomic mass is 9.94. The van der Waals surface area contributed by atoms with Gasteiger partial charge in [0.1, 0.15) is 5.75 Å². The lowest BCUT2D eigenvalue weighted by Gasteiger charge is -2.29. The standard InChI is InChI=1S/C15H11ClO3/c16-10-6-7-12-11(8-10)13(17)14(18)15(19-12)9-4-2-1-3-5-9/h1-8,14-15,18H/t14-,15+/m1/s1. The van der Waals surface area contributed by atoms with Crippen LogP contribution in [0.15, 0.2) is 48.5 Å². The average molecular weight is 275 g/mol. The van der Waals surface area contributed by atoms with Crippen LogP contribution in [0.4, 0.5) is 0 Å². The molecule has 1 aliphatic rings. The summed E-state index contributed by atoms with van der Waals surface area (Å²) in [5, 5.41) is 10.6. The van der Waals surface area contributed by atoms with Crippen molar-refractivity contribution in [3.05, 3.63) is 64.7 Å². The minimum absolute atomic E-state index is 0.326. The first kappa shape index (κ1) is 12.2. The summed E-state index contributed by atoms with van der Waals surface area (Å²) in [6.45, 7) is 0. The zero-order chi connectivity index (χ0) is 13.4. The number of carbonyl (C=O) groups is 1. The number of fused-ring (bicyclic) bond motifs is 1. The summed E-state index contributed by atoms with van der Waals surface area (Å²) in [6.07, 6.45) is -1.89. The number of ketones is 1. The monoisotopic (exact) mass is 274 g/mol. The fraction of sp³-hybridized carbons (Fsp3) is 0.133. The van der Waals surface area contributed by atoms with E-state index in [0.717, 1.165) is 5.56 Å². The first-order valence-electron chi connectivity index (χ1n) is 5.90. The highest BCUT2D eigenvalue weighted by molar-refractivity contribution is 6.31. The van der Waals surface area contributed by atoms with E-state index in [1.54, 1.807) is 12.1 Å². The highest BCUT2D eigenvalue weighted by Gasteiger charge is 2.36. The van der Waals surface area contributed by atoms with Gasteiger partial charge in [0.15, 0.2) is 18.0 Å². The van der Waals surface area contributed by atoms with E-state index >= 15 is 0 Å². The Kier molecular flexibility index (Phi) is 3.01. The average Bonchev–Trinajstić information content (AvgIpc) is 2.44. The van der Waals surface area contributed by atoms with Crippen molar-refractivity contribution < 1.29 is 14.6 Å². The summed E-state index contributed by atoms with van der Waals surface area (Å²) in [4.78, 5) is 12.2. The third kappa shape index (κ3) is 2.11. The summed E-state index contributed by atoms with van der Waals surface area (Å²) in [6, 6.07) is 14.0. The van der Waals surface area contributed by atoms with E-state index < -0.39 is 12.2 Å². The maximum Gasteiger partial charge on any atom is 0.199 e. The maximum atomic E-state index is 12.2. The largest absolute Gasteiger partial charge is 0.482 e. The zero-order valence-corrected chi connectivity index (χ0v) is 10.7. The normalized spacial score (nSPS) is 21.7. The van der Waals surface area contributed by atoms with Gasteiger partial charge in [0.2, 0.25) is 0 Å². The van der Waals surface area contributed by atoms with Crippen molar-refractivity contribution in [3.8, 4) is 5.75 Å². The Hall–Kier alpha value is -1.84. The van der Waals surface area contributed by atoms with Gasteiger partial charge < -0.3 is 9.84 Å². The molecule has 0 radical (unpaired) electrons. The molecule has 2 aromatic rings. The number of Topliss-reactive ketones (excluding diaryl/α,β-unsaturated/α-hetero) is 1. The molecule has 0 saturated heterocycles. The zero-order valence-electron chi connectivity index (χ0n) is 9.92. The number of aliphatic hydroxyl groups excluding tert-OH is 1. The third-order valence-electron chi connectivity index (χ3n) is 3.14. The van der Waals surface area contributed by atoms with Crippen LogP contribution in [0.25, 0.3) is 0 Å². The molecule has 2 aromatic carbocycles. The maximum absolute atomic E-state index is 12.2. The minimum Gasteiger partial charge on any atom is -0.482 e. The van der Waals surface area contributed by atoms with Gasteiger partial charge in [0, 0.05) is 5.02 Å². The Morgan fingerprint density at radius 3 is 2.58 bits per heavy atom. The third-order valence-corrected chi connectivity index (χ3v) is 3.38. The molecule has 1 heterocycles. The van der Waals surface area contributed by atoms with Crippen LogP contribution in [0.2, 0.25) is 5.02 Å². The van der Waals surface area contributed by atoms with Crippen molar-refractivity contribution in [2.45, 2.75) is 12.2 Å². The van der Waals surface area contributed by atoms with Crippen molar-refractivity contribution >= 4 is 17.4 Å². The molecular weight excluding hydrogens is 264 g/mol. The molecule has 1 N–H and O–H groups in total. The molecule has 3 nitrogen and oxygen atoms in total. The Balaban J connectivity index is 2.04. The SMILES string of the molecule is O=C1c2cc(Cl)ccc2O[C@@H](c2ccccc2)[C@@H]1O. The lowest BCUT2D eigenvalue weighted by Crippen LogP contribution is -2.36. The van der Waals surface area contributed by atoms with Gasteiger partial charge >= 0.3 is 0 Å². The van der Waals surface area contributed by atoms with Crippen LogP contribution in [-0.2, 0) is 0 Å². The minimum atomic E-state index is -1.21. The number of hydrogen-bond donors (Lipinski definition) is 1. The molecule has 1 aliphatic heterocycles. The number of aliphatic hydroxyl groups is 1. The number of halogens is 1. The van der Waals surface area contributed by atoms with E-state index in [1.807, 2.05) is 30.3 Å². The van der Waals surface area contributed by atoms with E-state index in [2.05, 4.69) is 0 Å². The fourth-order valence-electron chi connectivity index (χ4n) is 2.19. The first-order valence-corrected chi connectivity index (χ1v) is 6.28. The van der Waals surface area contributed by atoms with E-state index in [4.69, 9.17) is 16.3 Å². The second kappa shape index (κ2) is 4.68. The van der Waals surface area contributed by atoms with Crippen molar-refractivity contribution in [2.75, 3.05) is 0 Å². The van der Waals surface area contributed by atoms with E-state index in [1.165, 1.54) is 6.07 Å². The molecule has 0 aliphatic carbocycles. The fourth-order valence-corrected chi connectivity index (χ4v) is 2.36. The second-order valence-electron chi connectivity index (χ2n) is 4.40. The number of ether oxygens (including phenoxy) is 1. The predicted molar refractivity (Wildman–Crippen MR) is 71.6 cm³/mol. The van der Waals surface area contributed by atoms with E-state index in [9.17, 15) is 9.90 Å². The Bertz CT molecular complexity index is 625. The number of carbonyl (C=O) groups excluding carboxylic acids is 1. The van der Waals surface area contributed by atoms with Gasteiger partial charge in [0.25, 0.3) is 0 Å². The molecule has 0 amide bonds. The van der Waals surface area contributed by atoms with Gasteiger partial charge in [-0.05, 0) is 23.8 Å². The van der Waals surface area contributed by atoms with Gasteiger partial charge in [0.05, 0.1) is 5.56 Å². The van der Waals surface area contributed by atoms with Crippen molar-refractivity contribution in [1.29, 1.82) is 0 Å². The summed E-state index contributed by atoms with van der Waals surface area (Å²) in [5.41, 5.74) is 1.09. The molecule has 2 atom stereocenters. The molecule has 0 spiro atoms. The van der Waals surface area contributed by atoms with Gasteiger partial charge in [-0.3, -0.25) is 4.79 Å². The smallest absolute Gasteiger partial charge is 0.199 e. The molecule has 96 valence electrons. The molecular formula is C15H11ClO3. The Labute approximate surface area is 115 Å². The predicted octanol–water partition coefficient (Wildman–Crippen LogP) is 3.02. The van der Waals surface area contributed by atoms with Crippen molar-refractivity contribution in [3.63, 3.8) is 0 Å². The van der Waals surface area contributed by atoms with Gasteiger partial charge in [-0.25, -0.2) is 0 Å². The highest BCUT2D eigenvalue weighted by Crippen LogP contribution is 2.36. The van der Waals surface area contributed by atoms with Crippen molar-refractivity contribution in [1.82, 2.24) is 0 Å². The number of hydrogen-bond acceptors (Lipinski definition) is 3. The molecule has 0 fully saturated rings. The molecule has 3 rings (SSSR count). The molecule has 0 unspecified atom stereocenters. The second-order valence-corrected chi connectivity index (χ2v) is 4.84. The Morgan fingerprint density at radius 1 is 1.11 bits per heavy atom. The summed E-state index contributed by atoms with van der Waals surface area (Å²) >= 11 is 5.85. The summed E-state index contributed by atoms with van der Waals surface area (Å²) < 4.78 is 5.73. The van der Waals surface area contributed by atoms with Crippen LogP contribution in [0.5, 0.6) is 5.75 Å².